The van der Waals surface area contributed by atoms with Gasteiger partial charge in [0.1, 0.15) is 0 Å². The van der Waals surface area contributed by atoms with E-state index in [0.29, 0.717) is 4.83 Å². The molecule has 2 aromatic carbocycles. The van der Waals surface area contributed by atoms with Gasteiger partial charge in [0.2, 0.25) is 0 Å². The fourth-order valence-corrected chi connectivity index (χ4v) is 4.58. The van der Waals surface area contributed by atoms with Crippen molar-refractivity contribution in [3.05, 3.63) is 48.0 Å². The van der Waals surface area contributed by atoms with Gasteiger partial charge in [-0.05, 0) is 53.4 Å². The first-order chi connectivity index (χ1) is 8.83. The third-order valence-corrected chi connectivity index (χ3v) is 6.06. The highest BCUT2D eigenvalue weighted by molar-refractivity contribution is 9.09. The second-order valence-corrected chi connectivity index (χ2v) is 6.94. The maximum Gasteiger partial charge on any atom is 0.0429 e. The van der Waals surface area contributed by atoms with Crippen LogP contribution in [0.25, 0.3) is 10.8 Å². The van der Waals surface area contributed by atoms with E-state index in [1.807, 2.05) is 0 Å². The monoisotopic (exact) mass is 300 g/mol. The number of hydrogen-bond donors (Lipinski definition) is 0. The highest BCUT2D eigenvalue weighted by atomic mass is 79.9. The van der Waals surface area contributed by atoms with E-state index >= 15 is 0 Å². The summed E-state index contributed by atoms with van der Waals surface area (Å²) in [5.74, 6) is 2.97. The standard InChI is InChI=1S/C17H17Br/c18-17(14-9-12-8-13(12)10-14)16-7-3-5-11-4-1-2-6-15(11)16/h1-7,12-14,17H,8-10H2. The minimum Gasteiger partial charge on any atom is -0.0836 e. The van der Waals surface area contributed by atoms with Crippen molar-refractivity contribution >= 4 is 26.7 Å². The number of rotatable bonds is 2. The summed E-state index contributed by atoms with van der Waals surface area (Å²) >= 11 is 3.98. The van der Waals surface area contributed by atoms with Gasteiger partial charge >= 0.3 is 0 Å². The van der Waals surface area contributed by atoms with Crippen LogP contribution < -0.4 is 0 Å². The van der Waals surface area contributed by atoms with Crippen molar-refractivity contribution in [1.82, 2.24) is 0 Å². The molecule has 1 heteroatoms. The smallest absolute Gasteiger partial charge is 0.0429 e. The van der Waals surface area contributed by atoms with Gasteiger partial charge in [-0.15, -0.1) is 0 Å². The molecular weight excluding hydrogens is 284 g/mol. The van der Waals surface area contributed by atoms with Crippen molar-refractivity contribution in [3.63, 3.8) is 0 Å². The second kappa shape index (κ2) is 4.09. The first-order valence-electron chi connectivity index (χ1n) is 6.94. The molecule has 92 valence electrons. The van der Waals surface area contributed by atoms with Crippen LogP contribution in [-0.2, 0) is 0 Å². The van der Waals surface area contributed by atoms with E-state index in [-0.39, 0.29) is 0 Å². The van der Waals surface area contributed by atoms with Crippen LogP contribution in [0.3, 0.4) is 0 Å². The zero-order valence-electron chi connectivity index (χ0n) is 10.4. The van der Waals surface area contributed by atoms with E-state index < -0.39 is 0 Å². The van der Waals surface area contributed by atoms with E-state index in [9.17, 15) is 0 Å². The lowest BCUT2D eigenvalue weighted by Crippen LogP contribution is -2.06. The molecule has 0 nitrogen and oxygen atoms in total. The van der Waals surface area contributed by atoms with E-state index in [1.54, 1.807) is 0 Å². The van der Waals surface area contributed by atoms with E-state index in [4.69, 9.17) is 0 Å². The highest BCUT2D eigenvalue weighted by Crippen LogP contribution is 2.59. The van der Waals surface area contributed by atoms with Crippen molar-refractivity contribution in [3.8, 4) is 0 Å². The van der Waals surface area contributed by atoms with Crippen molar-refractivity contribution < 1.29 is 0 Å². The zero-order chi connectivity index (χ0) is 12.1. The van der Waals surface area contributed by atoms with Gasteiger partial charge in [0, 0.05) is 4.83 Å². The summed E-state index contributed by atoms with van der Waals surface area (Å²) in [6.07, 6.45) is 4.37. The molecule has 0 amide bonds. The van der Waals surface area contributed by atoms with Gasteiger partial charge in [-0.25, -0.2) is 0 Å². The van der Waals surface area contributed by atoms with Gasteiger partial charge in [-0.1, -0.05) is 58.4 Å². The molecule has 3 atom stereocenters. The molecule has 0 N–H and O–H groups in total. The molecule has 2 aliphatic rings. The van der Waals surface area contributed by atoms with Crippen LogP contribution in [0.1, 0.15) is 29.7 Å². The zero-order valence-corrected chi connectivity index (χ0v) is 11.9. The lowest BCUT2D eigenvalue weighted by molar-refractivity contribution is 0.483. The summed E-state index contributed by atoms with van der Waals surface area (Å²) in [5.41, 5.74) is 1.49. The molecule has 4 rings (SSSR count). The van der Waals surface area contributed by atoms with Crippen LogP contribution in [0.4, 0.5) is 0 Å². The first-order valence-corrected chi connectivity index (χ1v) is 7.86. The topological polar surface area (TPSA) is 0 Å². The normalized spacial score (nSPS) is 31.3. The van der Waals surface area contributed by atoms with Gasteiger partial charge in [0.15, 0.2) is 0 Å². The van der Waals surface area contributed by atoms with Crippen LogP contribution in [-0.4, -0.2) is 0 Å². The summed E-state index contributed by atoms with van der Waals surface area (Å²) < 4.78 is 0. The molecule has 0 heterocycles. The molecule has 3 unspecified atom stereocenters. The van der Waals surface area contributed by atoms with Crippen LogP contribution in [0.15, 0.2) is 42.5 Å². The summed E-state index contributed by atoms with van der Waals surface area (Å²) in [6, 6.07) is 15.5. The molecule has 2 aliphatic carbocycles. The van der Waals surface area contributed by atoms with Crippen LogP contribution in [0.5, 0.6) is 0 Å². The number of halogens is 1. The summed E-state index contributed by atoms with van der Waals surface area (Å²) in [4.78, 5) is 0.538. The molecule has 2 saturated carbocycles. The molecular formula is C17H17Br. The Morgan fingerprint density at radius 1 is 0.889 bits per heavy atom. The Kier molecular flexibility index (Phi) is 2.51. The van der Waals surface area contributed by atoms with Crippen LogP contribution in [0, 0.1) is 17.8 Å². The quantitative estimate of drug-likeness (QED) is 0.658. The average molecular weight is 301 g/mol. The van der Waals surface area contributed by atoms with Gasteiger partial charge in [0.25, 0.3) is 0 Å². The summed E-state index contributed by atoms with van der Waals surface area (Å²) in [5, 5.41) is 2.78. The third-order valence-electron chi connectivity index (χ3n) is 4.81. The molecule has 2 fully saturated rings. The fraction of sp³-hybridized carbons (Fsp3) is 0.412. The number of fused-ring (bicyclic) bond motifs is 2. The molecule has 0 aliphatic heterocycles. The van der Waals surface area contributed by atoms with Crippen LogP contribution >= 0.6 is 15.9 Å². The maximum absolute atomic E-state index is 3.98. The van der Waals surface area contributed by atoms with Gasteiger partial charge < -0.3 is 0 Å². The molecule has 2 aromatic rings. The average Bonchev–Trinajstić information content (AvgIpc) is 3.04. The molecule has 0 saturated heterocycles. The second-order valence-electron chi connectivity index (χ2n) is 5.96. The lowest BCUT2D eigenvalue weighted by Gasteiger charge is -2.21. The fourth-order valence-electron chi connectivity index (χ4n) is 3.75. The Morgan fingerprint density at radius 3 is 2.44 bits per heavy atom. The van der Waals surface area contributed by atoms with Gasteiger partial charge in [0.05, 0.1) is 0 Å². The Balaban J connectivity index is 1.72. The minimum absolute atomic E-state index is 0.538. The predicted molar refractivity (Wildman–Crippen MR) is 79.9 cm³/mol. The van der Waals surface area contributed by atoms with Crippen LogP contribution in [0.2, 0.25) is 0 Å². The lowest BCUT2D eigenvalue weighted by atomic mass is 9.91. The SMILES string of the molecule is BrC(c1cccc2ccccc12)C1CC2CC2C1. The van der Waals surface area contributed by atoms with E-state index in [2.05, 4.69) is 58.4 Å². The summed E-state index contributed by atoms with van der Waals surface area (Å²) in [6.45, 7) is 0. The van der Waals surface area contributed by atoms with E-state index in [0.717, 1.165) is 17.8 Å². The largest absolute Gasteiger partial charge is 0.0836 e. The molecule has 0 spiro atoms. The van der Waals surface area contributed by atoms with Crippen molar-refractivity contribution in [2.75, 3.05) is 0 Å². The van der Waals surface area contributed by atoms with Crippen molar-refractivity contribution in [2.45, 2.75) is 24.1 Å². The van der Waals surface area contributed by atoms with Gasteiger partial charge in [-0.2, -0.15) is 0 Å². The van der Waals surface area contributed by atoms with Gasteiger partial charge in [-0.3, -0.25) is 0 Å². The Labute approximate surface area is 117 Å². The van der Waals surface area contributed by atoms with Crippen molar-refractivity contribution in [2.24, 2.45) is 17.8 Å². The third kappa shape index (κ3) is 1.72. The molecule has 18 heavy (non-hydrogen) atoms. The van der Waals surface area contributed by atoms with Crippen molar-refractivity contribution in [1.29, 1.82) is 0 Å². The molecule has 0 aromatic heterocycles. The minimum atomic E-state index is 0.538. The highest BCUT2D eigenvalue weighted by Gasteiger charge is 2.47. The maximum atomic E-state index is 3.98. The Bertz CT molecular complexity index is 574. The van der Waals surface area contributed by atoms with E-state index in [1.165, 1.54) is 35.6 Å². The Morgan fingerprint density at radius 2 is 1.61 bits per heavy atom. The first kappa shape index (κ1) is 11.0. The molecule has 0 radical (unpaired) electrons. The molecule has 0 bridgehead atoms. The predicted octanol–water partition coefficient (Wildman–Crippen LogP) is 5.32. The Hall–Kier alpha value is -0.820. The number of alkyl halides is 1. The number of benzene rings is 2. The number of hydrogen-bond acceptors (Lipinski definition) is 0. The summed E-state index contributed by atoms with van der Waals surface area (Å²) in [7, 11) is 0.